The van der Waals surface area contributed by atoms with Crippen LogP contribution in [-0.4, -0.2) is 12.6 Å². The van der Waals surface area contributed by atoms with E-state index in [0.717, 1.165) is 28.1 Å². The van der Waals surface area contributed by atoms with Gasteiger partial charge in [-0.3, -0.25) is 0 Å². The van der Waals surface area contributed by atoms with E-state index in [-0.39, 0.29) is 5.82 Å². The van der Waals surface area contributed by atoms with Gasteiger partial charge in [0.1, 0.15) is 5.82 Å². The minimum absolute atomic E-state index is 0.306. The van der Waals surface area contributed by atoms with E-state index in [4.69, 9.17) is 0 Å². The zero-order valence-corrected chi connectivity index (χ0v) is 12.0. The first-order chi connectivity index (χ1) is 9.13. The van der Waals surface area contributed by atoms with Crippen LogP contribution in [0.2, 0.25) is 0 Å². The summed E-state index contributed by atoms with van der Waals surface area (Å²) in [6, 6.07) is 13.9. The van der Waals surface area contributed by atoms with Crippen molar-refractivity contribution in [2.45, 2.75) is 13.0 Å². The van der Waals surface area contributed by atoms with Gasteiger partial charge in [0, 0.05) is 28.8 Å². The molecule has 1 radical (unpaired) electrons. The fourth-order valence-electron chi connectivity index (χ4n) is 2.37. The molecule has 2 aromatic rings. The number of hydrogen-bond acceptors (Lipinski definition) is 2. The van der Waals surface area contributed by atoms with Gasteiger partial charge in [-0.05, 0) is 43.3 Å². The molecule has 0 aliphatic carbocycles. The molecule has 0 fully saturated rings. The number of benzene rings is 2. The van der Waals surface area contributed by atoms with Crippen molar-refractivity contribution in [3.63, 3.8) is 0 Å². The van der Waals surface area contributed by atoms with E-state index in [9.17, 15) is 4.39 Å². The summed E-state index contributed by atoms with van der Waals surface area (Å²) in [5.41, 5.74) is 2.97. The number of hydrogen-bond donors (Lipinski definition) is 1. The van der Waals surface area contributed by atoms with Crippen molar-refractivity contribution in [1.82, 2.24) is 0 Å². The first-order valence-electron chi connectivity index (χ1n) is 6.14. The smallest absolute Gasteiger partial charge is 0.133 e. The Morgan fingerprint density at radius 1 is 1.37 bits per heavy atom. The highest BCUT2D eigenvalue weighted by molar-refractivity contribution is 9.10. The van der Waals surface area contributed by atoms with E-state index in [0.29, 0.717) is 6.04 Å². The summed E-state index contributed by atoms with van der Waals surface area (Å²) in [5.74, 6) is -0.333. The normalized spacial score (nSPS) is 17.8. The summed E-state index contributed by atoms with van der Waals surface area (Å²) in [6.45, 7) is 2.91. The fraction of sp³-hybridized carbons (Fsp3) is 0.200. The number of nitrogens with one attached hydrogen (secondary N) is 1. The van der Waals surface area contributed by atoms with Crippen molar-refractivity contribution < 1.29 is 4.39 Å². The summed E-state index contributed by atoms with van der Waals surface area (Å²) in [4.78, 5) is 2.12. The van der Waals surface area contributed by atoms with Crippen molar-refractivity contribution in [2.24, 2.45) is 0 Å². The maximum absolute atomic E-state index is 13.4. The van der Waals surface area contributed by atoms with Gasteiger partial charge in [-0.25, -0.2) is 4.39 Å². The number of rotatable bonds is 1. The number of nitrogens with zero attached hydrogens (tertiary/aromatic N) is 1. The molecule has 0 amide bonds. The van der Waals surface area contributed by atoms with E-state index < -0.39 is 0 Å². The molecular formula is C15H13BrFN2. The van der Waals surface area contributed by atoms with E-state index in [2.05, 4.69) is 39.1 Å². The van der Waals surface area contributed by atoms with E-state index >= 15 is 0 Å². The van der Waals surface area contributed by atoms with Crippen LogP contribution in [0.1, 0.15) is 6.92 Å². The highest BCUT2D eigenvalue weighted by Gasteiger charge is 2.22. The molecule has 0 unspecified atom stereocenters. The van der Waals surface area contributed by atoms with Crippen LogP contribution in [0.15, 0.2) is 40.9 Å². The topological polar surface area (TPSA) is 15.3 Å². The van der Waals surface area contributed by atoms with Crippen LogP contribution in [0.25, 0.3) is 0 Å². The zero-order valence-electron chi connectivity index (χ0n) is 10.5. The van der Waals surface area contributed by atoms with E-state index in [1.54, 1.807) is 6.07 Å². The minimum Gasteiger partial charge on any atom is -0.379 e. The zero-order chi connectivity index (χ0) is 13.4. The van der Waals surface area contributed by atoms with Crippen LogP contribution in [0, 0.1) is 11.9 Å². The lowest BCUT2D eigenvalue weighted by molar-refractivity contribution is 0.624. The Hall–Kier alpha value is -1.55. The summed E-state index contributed by atoms with van der Waals surface area (Å²) < 4.78 is 14.4. The van der Waals surface area contributed by atoms with E-state index in [1.807, 2.05) is 24.3 Å². The predicted octanol–water partition coefficient (Wildman–Crippen LogP) is 4.34. The van der Waals surface area contributed by atoms with Crippen LogP contribution in [-0.2, 0) is 0 Å². The molecule has 2 nitrogen and oxygen atoms in total. The lowest BCUT2D eigenvalue weighted by Crippen LogP contribution is -2.37. The van der Waals surface area contributed by atoms with Crippen molar-refractivity contribution in [1.29, 1.82) is 0 Å². The second-order valence-electron chi connectivity index (χ2n) is 4.71. The second-order valence-corrected chi connectivity index (χ2v) is 5.63. The Bertz CT molecular complexity index is 615. The molecule has 1 aliphatic heterocycles. The summed E-state index contributed by atoms with van der Waals surface area (Å²) in [7, 11) is 0. The Labute approximate surface area is 120 Å². The van der Waals surface area contributed by atoms with Crippen LogP contribution >= 0.6 is 15.9 Å². The van der Waals surface area contributed by atoms with Gasteiger partial charge in [-0.15, -0.1) is 0 Å². The molecular weight excluding hydrogens is 307 g/mol. The van der Waals surface area contributed by atoms with Crippen molar-refractivity contribution in [3.8, 4) is 0 Å². The van der Waals surface area contributed by atoms with Gasteiger partial charge < -0.3 is 10.2 Å². The lowest BCUT2D eigenvalue weighted by Gasteiger charge is -2.36. The molecule has 0 saturated carbocycles. The Balaban J connectivity index is 2.10. The summed E-state index contributed by atoms with van der Waals surface area (Å²) >= 11 is 3.49. The Kier molecular flexibility index (Phi) is 3.19. The molecule has 0 aromatic heterocycles. The van der Waals surface area contributed by atoms with E-state index in [1.165, 1.54) is 6.07 Å². The number of halogens is 2. The molecule has 0 saturated heterocycles. The molecule has 0 spiro atoms. The fourth-order valence-corrected chi connectivity index (χ4v) is 2.72. The quantitative estimate of drug-likeness (QED) is 0.841. The SMILES string of the molecule is C[C@H]1CN(c2cc[c]c(F)c2)c2cc(Br)ccc2N1. The van der Waals surface area contributed by atoms with Gasteiger partial charge in [0.15, 0.2) is 0 Å². The maximum atomic E-state index is 13.4. The van der Waals surface area contributed by atoms with Crippen molar-refractivity contribution in [3.05, 3.63) is 52.8 Å². The third-order valence-electron chi connectivity index (χ3n) is 3.17. The van der Waals surface area contributed by atoms with Crippen LogP contribution in [0.3, 0.4) is 0 Å². The van der Waals surface area contributed by atoms with Crippen molar-refractivity contribution in [2.75, 3.05) is 16.8 Å². The largest absolute Gasteiger partial charge is 0.379 e. The molecule has 1 N–H and O–H groups in total. The minimum atomic E-state index is -0.333. The maximum Gasteiger partial charge on any atom is 0.133 e. The average molecular weight is 320 g/mol. The van der Waals surface area contributed by atoms with Gasteiger partial charge in [0.2, 0.25) is 0 Å². The first-order valence-corrected chi connectivity index (χ1v) is 6.93. The molecule has 97 valence electrons. The third kappa shape index (κ3) is 2.45. The average Bonchev–Trinajstić information content (AvgIpc) is 2.38. The predicted molar refractivity (Wildman–Crippen MR) is 79.5 cm³/mol. The van der Waals surface area contributed by atoms with Gasteiger partial charge in [-0.1, -0.05) is 15.9 Å². The second kappa shape index (κ2) is 4.85. The van der Waals surface area contributed by atoms with Gasteiger partial charge in [-0.2, -0.15) is 0 Å². The van der Waals surface area contributed by atoms with Crippen molar-refractivity contribution >= 4 is 33.0 Å². The number of fused-ring (bicyclic) bond motifs is 1. The molecule has 4 heteroatoms. The molecule has 1 heterocycles. The van der Waals surface area contributed by atoms with Crippen LogP contribution in [0.4, 0.5) is 21.5 Å². The first kappa shape index (κ1) is 12.5. The molecule has 2 aromatic carbocycles. The Morgan fingerprint density at radius 2 is 2.21 bits per heavy atom. The highest BCUT2D eigenvalue weighted by Crippen LogP contribution is 2.38. The monoisotopic (exact) mass is 319 g/mol. The molecule has 19 heavy (non-hydrogen) atoms. The van der Waals surface area contributed by atoms with Gasteiger partial charge in [0.05, 0.1) is 11.4 Å². The third-order valence-corrected chi connectivity index (χ3v) is 3.66. The molecule has 1 atom stereocenters. The summed E-state index contributed by atoms with van der Waals surface area (Å²) in [6.07, 6.45) is 0. The van der Waals surface area contributed by atoms with Gasteiger partial charge >= 0.3 is 0 Å². The highest BCUT2D eigenvalue weighted by atomic mass is 79.9. The van der Waals surface area contributed by atoms with Crippen LogP contribution in [0.5, 0.6) is 0 Å². The summed E-state index contributed by atoms with van der Waals surface area (Å²) in [5, 5.41) is 3.44. The van der Waals surface area contributed by atoms with Crippen LogP contribution < -0.4 is 10.2 Å². The molecule has 3 rings (SSSR count). The lowest BCUT2D eigenvalue weighted by atomic mass is 10.1. The standard InChI is InChI=1S/C15H13BrFN2/c1-10-9-19(13-4-2-3-12(17)8-13)15-7-11(16)5-6-14(15)18-10/h2,4-8,10,18H,9H2,1H3/t10-/m0/s1. The van der Waals surface area contributed by atoms with Gasteiger partial charge in [0.25, 0.3) is 0 Å². The molecule has 0 bridgehead atoms. The Morgan fingerprint density at radius 3 is 3.00 bits per heavy atom. The molecule has 1 aliphatic rings. The number of anilines is 3.